The van der Waals surface area contributed by atoms with Crippen molar-refractivity contribution in [2.24, 2.45) is 5.92 Å². The van der Waals surface area contributed by atoms with Crippen molar-refractivity contribution in [1.29, 1.82) is 0 Å². The fourth-order valence-corrected chi connectivity index (χ4v) is 4.56. The van der Waals surface area contributed by atoms with Crippen LogP contribution in [-0.2, 0) is 11.2 Å². The average Bonchev–Trinajstić information content (AvgIpc) is 3.67. The Morgan fingerprint density at radius 2 is 1.92 bits per heavy atom. The molecule has 7 nitrogen and oxygen atoms in total. The van der Waals surface area contributed by atoms with Gasteiger partial charge in [-0.05, 0) is 63.0 Å². The zero-order chi connectivity index (χ0) is 25.1. The smallest absolute Gasteiger partial charge is 0.204 e. The van der Waals surface area contributed by atoms with Gasteiger partial charge in [-0.1, -0.05) is 17.7 Å². The Balaban J connectivity index is 1.39. The molecule has 2 heterocycles. The molecular formula is C28H31ClN2O5. The number of carbonyl (C=O) groups is 1. The van der Waals surface area contributed by atoms with Crippen LogP contribution in [0.25, 0.3) is 10.9 Å². The maximum absolute atomic E-state index is 12.3. The molecule has 1 aliphatic heterocycles. The van der Waals surface area contributed by atoms with Gasteiger partial charge in [0.15, 0.2) is 11.5 Å². The Bertz CT molecular complexity index is 1260. The molecule has 1 fully saturated rings. The van der Waals surface area contributed by atoms with Crippen LogP contribution in [0.3, 0.4) is 0 Å². The molecule has 8 heteroatoms. The monoisotopic (exact) mass is 510 g/mol. The minimum absolute atomic E-state index is 0.233. The third kappa shape index (κ3) is 5.85. The molecule has 3 aromatic rings. The third-order valence-corrected chi connectivity index (χ3v) is 6.66. The van der Waals surface area contributed by atoms with Crippen LogP contribution in [0.5, 0.6) is 28.7 Å². The lowest BCUT2D eigenvalue weighted by molar-refractivity contribution is -0.118. The lowest BCUT2D eigenvalue weighted by atomic mass is 10.0. The summed E-state index contributed by atoms with van der Waals surface area (Å²) in [4.78, 5) is 18.9. The molecule has 1 saturated carbocycles. The number of halogens is 1. The third-order valence-electron chi connectivity index (χ3n) is 6.30. The first kappa shape index (κ1) is 24.7. The topological polar surface area (TPSA) is 70.1 Å². The van der Waals surface area contributed by atoms with Crippen molar-refractivity contribution in [3.63, 3.8) is 0 Å². The van der Waals surface area contributed by atoms with E-state index in [4.69, 9.17) is 30.5 Å². The van der Waals surface area contributed by atoms with Gasteiger partial charge >= 0.3 is 0 Å². The predicted octanol–water partition coefficient (Wildman–Crippen LogP) is 5.69. The predicted molar refractivity (Wildman–Crippen MR) is 139 cm³/mol. The van der Waals surface area contributed by atoms with Gasteiger partial charge in [0.1, 0.15) is 30.5 Å². The number of hydrogen-bond donors (Lipinski definition) is 0. The molecular weight excluding hydrogens is 480 g/mol. The first-order chi connectivity index (χ1) is 17.5. The number of carbonyl (C=O) groups excluding carboxylic acids is 1. The number of hydrogen-bond acceptors (Lipinski definition) is 7. The van der Waals surface area contributed by atoms with Crippen molar-refractivity contribution >= 4 is 28.3 Å². The van der Waals surface area contributed by atoms with E-state index in [0.29, 0.717) is 83.3 Å². The number of pyridine rings is 1. The zero-order valence-electron chi connectivity index (χ0n) is 20.7. The summed E-state index contributed by atoms with van der Waals surface area (Å²) in [6.45, 7) is 2.36. The molecule has 190 valence electrons. The molecule has 36 heavy (non-hydrogen) atoms. The van der Waals surface area contributed by atoms with Gasteiger partial charge in [-0.3, -0.25) is 9.78 Å². The summed E-state index contributed by atoms with van der Waals surface area (Å²) < 4.78 is 24.3. The Kier molecular flexibility index (Phi) is 7.48. The Labute approximate surface area is 216 Å². The van der Waals surface area contributed by atoms with Crippen LogP contribution in [0.1, 0.15) is 31.2 Å². The van der Waals surface area contributed by atoms with Crippen LogP contribution >= 0.6 is 11.6 Å². The molecule has 0 saturated heterocycles. The fraction of sp³-hybridized carbons (Fsp3) is 0.429. The highest BCUT2D eigenvalue weighted by molar-refractivity contribution is 6.31. The first-order valence-corrected chi connectivity index (χ1v) is 12.8. The van der Waals surface area contributed by atoms with Gasteiger partial charge in [-0.2, -0.15) is 0 Å². The summed E-state index contributed by atoms with van der Waals surface area (Å²) in [6, 6.07) is 9.11. The summed E-state index contributed by atoms with van der Waals surface area (Å²) in [6.07, 6.45) is 5.90. The van der Waals surface area contributed by atoms with Gasteiger partial charge < -0.3 is 23.8 Å². The summed E-state index contributed by atoms with van der Waals surface area (Å²) in [5.74, 6) is 3.70. The number of aromatic nitrogens is 1. The van der Waals surface area contributed by atoms with Gasteiger partial charge in [0.2, 0.25) is 5.75 Å². The number of ketones is 1. The normalized spacial score (nSPS) is 14.8. The van der Waals surface area contributed by atoms with E-state index in [1.54, 1.807) is 18.3 Å². The molecule has 0 N–H and O–H groups in total. The van der Waals surface area contributed by atoms with E-state index in [9.17, 15) is 4.79 Å². The van der Waals surface area contributed by atoms with E-state index in [1.165, 1.54) is 0 Å². The zero-order valence-corrected chi connectivity index (χ0v) is 21.5. The lowest BCUT2D eigenvalue weighted by Gasteiger charge is -2.23. The number of Topliss-reactive ketones (excluding diaryl/α,β-unsaturated/α-hetero) is 1. The minimum Gasteiger partial charge on any atom is -0.489 e. The standard InChI is InChI=1S/C28H31ClN2O5/c1-31(2)10-3-11-33-25-17-23-26(28-27(25)34-12-13-35-28)24(8-9-30-23)36-21-7-6-19(22(29)16-21)15-20(32)14-18-4-5-18/h6-9,16-18H,3-5,10-15H2,1-2H3. The van der Waals surface area contributed by atoms with Crippen molar-refractivity contribution in [3.05, 3.63) is 47.1 Å². The van der Waals surface area contributed by atoms with Gasteiger partial charge in [0, 0.05) is 36.7 Å². The highest BCUT2D eigenvalue weighted by atomic mass is 35.5. The highest BCUT2D eigenvalue weighted by Crippen LogP contribution is 2.48. The molecule has 0 radical (unpaired) electrons. The van der Waals surface area contributed by atoms with Crippen LogP contribution in [0.4, 0.5) is 0 Å². The van der Waals surface area contributed by atoms with Crippen molar-refractivity contribution < 1.29 is 23.7 Å². The van der Waals surface area contributed by atoms with Crippen molar-refractivity contribution in [3.8, 4) is 28.7 Å². The second kappa shape index (κ2) is 10.9. The van der Waals surface area contributed by atoms with Crippen LogP contribution in [0.2, 0.25) is 5.02 Å². The molecule has 2 aliphatic rings. The lowest BCUT2D eigenvalue weighted by Crippen LogP contribution is -2.18. The summed E-state index contributed by atoms with van der Waals surface area (Å²) in [5.41, 5.74) is 1.51. The van der Waals surface area contributed by atoms with E-state index in [-0.39, 0.29) is 5.78 Å². The van der Waals surface area contributed by atoms with Gasteiger partial charge in [-0.15, -0.1) is 0 Å². The van der Waals surface area contributed by atoms with Gasteiger partial charge in [0.25, 0.3) is 0 Å². The van der Waals surface area contributed by atoms with E-state index in [0.717, 1.165) is 31.4 Å². The number of benzene rings is 2. The second-order valence-electron chi connectivity index (χ2n) is 9.66. The number of nitrogens with zero attached hydrogens (tertiary/aromatic N) is 2. The van der Waals surface area contributed by atoms with E-state index >= 15 is 0 Å². The van der Waals surface area contributed by atoms with E-state index in [1.807, 2.05) is 32.3 Å². The molecule has 0 unspecified atom stereocenters. The maximum atomic E-state index is 12.3. The van der Waals surface area contributed by atoms with Crippen LogP contribution in [0, 0.1) is 5.92 Å². The first-order valence-electron chi connectivity index (χ1n) is 12.4. The Morgan fingerprint density at radius 3 is 2.67 bits per heavy atom. The summed E-state index contributed by atoms with van der Waals surface area (Å²) >= 11 is 6.52. The maximum Gasteiger partial charge on any atom is 0.204 e. The van der Waals surface area contributed by atoms with Crippen LogP contribution in [0.15, 0.2) is 36.5 Å². The van der Waals surface area contributed by atoms with Crippen molar-refractivity contribution in [2.75, 3.05) is 40.5 Å². The van der Waals surface area contributed by atoms with Gasteiger partial charge in [0.05, 0.1) is 17.5 Å². The quantitative estimate of drug-likeness (QED) is 0.307. The number of ether oxygens (including phenoxy) is 4. The van der Waals surface area contributed by atoms with Crippen LogP contribution < -0.4 is 18.9 Å². The van der Waals surface area contributed by atoms with E-state index < -0.39 is 0 Å². The molecule has 0 spiro atoms. The Hall–Kier alpha value is -3.03. The van der Waals surface area contributed by atoms with Gasteiger partial charge in [-0.25, -0.2) is 0 Å². The fourth-order valence-electron chi connectivity index (χ4n) is 4.32. The molecule has 0 amide bonds. The minimum atomic E-state index is 0.233. The molecule has 1 aromatic heterocycles. The SMILES string of the molecule is CN(C)CCCOc1cc2nccc(Oc3ccc(CC(=O)CC4CC4)c(Cl)c3)c2c2c1OCCO2. The summed E-state index contributed by atoms with van der Waals surface area (Å²) in [7, 11) is 4.07. The number of rotatable bonds is 11. The van der Waals surface area contributed by atoms with Crippen LogP contribution in [-0.4, -0.2) is 56.1 Å². The molecule has 5 rings (SSSR count). The highest BCUT2D eigenvalue weighted by Gasteiger charge is 2.26. The largest absolute Gasteiger partial charge is 0.489 e. The Morgan fingerprint density at radius 1 is 1.11 bits per heavy atom. The molecule has 0 bridgehead atoms. The number of fused-ring (bicyclic) bond motifs is 3. The van der Waals surface area contributed by atoms with Crippen molar-refractivity contribution in [2.45, 2.75) is 32.1 Å². The van der Waals surface area contributed by atoms with E-state index in [2.05, 4.69) is 9.88 Å². The summed E-state index contributed by atoms with van der Waals surface area (Å²) in [5, 5.41) is 1.23. The second-order valence-corrected chi connectivity index (χ2v) is 10.1. The average molecular weight is 511 g/mol. The van der Waals surface area contributed by atoms with Crippen molar-refractivity contribution in [1.82, 2.24) is 9.88 Å². The molecule has 2 aromatic carbocycles. The molecule has 1 aliphatic carbocycles. The molecule has 0 atom stereocenters.